The van der Waals surface area contributed by atoms with Crippen molar-refractivity contribution >= 4 is 31.9 Å². The number of halogens is 2. The Bertz CT molecular complexity index is 680. The van der Waals surface area contributed by atoms with Crippen LogP contribution < -0.4 is 5.14 Å². The Morgan fingerprint density at radius 1 is 1.52 bits per heavy atom. The number of ether oxygens (including phenoxy) is 1. The maximum Gasteiger partial charge on any atom is 0.255 e. The predicted molar refractivity (Wildman–Crippen MR) is 76.8 cm³/mol. The smallest absolute Gasteiger partial charge is 0.255 e. The molecule has 0 radical (unpaired) electrons. The van der Waals surface area contributed by atoms with Crippen LogP contribution >= 0.6 is 15.9 Å². The lowest BCUT2D eigenvalue weighted by Gasteiger charge is -2.18. The van der Waals surface area contributed by atoms with Crippen molar-refractivity contribution in [3.63, 3.8) is 0 Å². The molecule has 1 unspecified atom stereocenters. The van der Waals surface area contributed by atoms with E-state index in [1.54, 1.807) is 7.11 Å². The number of carbonyl (C=O) groups is 1. The van der Waals surface area contributed by atoms with Crippen LogP contribution in [-0.4, -0.2) is 45.5 Å². The first kappa shape index (κ1) is 16.3. The first-order valence-corrected chi connectivity index (χ1v) is 8.42. The third-order valence-corrected chi connectivity index (χ3v) is 5.36. The van der Waals surface area contributed by atoms with Gasteiger partial charge in [-0.05, 0) is 34.5 Å². The number of nitrogens with two attached hydrogens (primary N) is 1. The van der Waals surface area contributed by atoms with E-state index >= 15 is 0 Å². The number of benzene rings is 1. The second-order valence-corrected chi connectivity index (χ2v) is 7.03. The van der Waals surface area contributed by atoms with E-state index in [2.05, 4.69) is 15.9 Å². The number of likely N-dealkylation sites (tertiary alicyclic amines) is 1. The molecule has 1 aliphatic rings. The van der Waals surface area contributed by atoms with Gasteiger partial charge in [-0.1, -0.05) is 0 Å². The molecule has 6 nitrogen and oxygen atoms in total. The molecule has 0 aromatic heterocycles. The number of hydrogen-bond acceptors (Lipinski definition) is 4. The quantitative estimate of drug-likeness (QED) is 0.849. The van der Waals surface area contributed by atoms with Gasteiger partial charge >= 0.3 is 0 Å². The standard InChI is InChI=1S/C12H14BrFN2O4S/c1-20-8-2-3-16(6-8)12(17)9-4-7(14)5-10(11(9)13)21(15,18)19/h4-5,8H,2-3,6H2,1H3,(H2,15,18,19). The molecule has 1 amide bonds. The largest absolute Gasteiger partial charge is 0.380 e. The van der Waals surface area contributed by atoms with Gasteiger partial charge in [-0.3, -0.25) is 4.79 Å². The molecular formula is C12H14BrFN2O4S. The van der Waals surface area contributed by atoms with Crippen molar-refractivity contribution in [2.45, 2.75) is 17.4 Å². The zero-order valence-corrected chi connectivity index (χ0v) is 13.6. The van der Waals surface area contributed by atoms with Gasteiger partial charge in [-0.25, -0.2) is 17.9 Å². The number of hydrogen-bond donors (Lipinski definition) is 1. The molecule has 1 atom stereocenters. The number of amides is 1. The minimum atomic E-state index is -4.13. The van der Waals surface area contributed by atoms with E-state index in [1.807, 2.05) is 0 Å². The number of methoxy groups -OCH3 is 1. The lowest BCUT2D eigenvalue weighted by atomic mass is 10.2. The van der Waals surface area contributed by atoms with Crippen LogP contribution in [0.5, 0.6) is 0 Å². The van der Waals surface area contributed by atoms with E-state index in [0.29, 0.717) is 19.5 Å². The van der Waals surface area contributed by atoms with Crippen LogP contribution in [0.4, 0.5) is 4.39 Å². The second-order valence-electron chi connectivity index (χ2n) is 4.71. The SMILES string of the molecule is COC1CCN(C(=O)c2cc(F)cc(S(N)(=O)=O)c2Br)C1. The Kier molecular flexibility index (Phi) is 4.66. The first-order valence-electron chi connectivity index (χ1n) is 6.08. The molecule has 1 fully saturated rings. The zero-order valence-electron chi connectivity index (χ0n) is 11.2. The maximum absolute atomic E-state index is 13.6. The molecular weight excluding hydrogens is 367 g/mol. The van der Waals surface area contributed by atoms with Gasteiger partial charge in [0, 0.05) is 20.2 Å². The summed E-state index contributed by atoms with van der Waals surface area (Å²) in [5.41, 5.74) is -0.0734. The molecule has 0 saturated carbocycles. The fourth-order valence-corrected chi connectivity index (χ4v) is 3.91. The maximum atomic E-state index is 13.6. The first-order chi connectivity index (χ1) is 9.74. The van der Waals surface area contributed by atoms with Gasteiger partial charge in [0.2, 0.25) is 10.0 Å². The molecule has 21 heavy (non-hydrogen) atoms. The van der Waals surface area contributed by atoms with Gasteiger partial charge in [0.15, 0.2) is 0 Å². The number of sulfonamides is 1. The normalized spacial score (nSPS) is 19.0. The van der Waals surface area contributed by atoms with E-state index in [9.17, 15) is 17.6 Å². The van der Waals surface area contributed by atoms with Crippen LogP contribution in [0.15, 0.2) is 21.5 Å². The van der Waals surface area contributed by atoms with E-state index < -0.39 is 26.6 Å². The summed E-state index contributed by atoms with van der Waals surface area (Å²) in [6, 6.07) is 1.76. The van der Waals surface area contributed by atoms with Crippen LogP contribution in [0.1, 0.15) is 16.8 Å². The fourth-order valence-electron chi connectivity index (χ4n) is 2.20. The Morgan fingerprint density at radius 3 is 2.71 bits per heavy atom. The highest BCUT2D eigenvalue weighted by atomic mass is 79.9. The van der Waals surface area contributed by atoms with Crippen LogP contribution in [0.2, 0.25) is 0 Å². The minimum Gasteiger partial charge on any atom is -0.380 e. The Labute approximate surface area is 130 Å². The topological polar surface area (TPSA) is 89.7 Å². The highest BCUT2D eigenvalue weighted by Gasteiger charge is 2.30. The van der Waals surface area contributed by atoms with Gasteiger partial charge < -0.3 is 9.64 Å². The monoisotopic (exact) mass is 380 g/mol. The Hall–Kier alpha value is -1.03. The van der Waals surface area contributed by atoms with Gasteiger partial charge in [0.05, 0.1) is 21.0 Å². The predicted octanol–water partition coefficient (Wildman–Crippen LogP) is 1.10. The third-order valence-electron chi connectivity index (χ3n) is 3.31. The van der Waals surface area contributed by atoms with E-state index in [0.717, 1.165) is 12.1 Å². The molecule has 1 aliphatic heterocycles. The van der Waals surface area contributed by atoms with Crippen molar-refractivity contribution in [3.8, 4) is 0 Å². The number of primary sulfonamides is 1. The molecule has 0 bridgehead atoms. The molecule has 9 heteroatoms. The molecule has 2 N–H and O–H groups in total. The zero-order chi connectivity index (χ0) is 15.8. The molecule has 1 aromatic carbocycles. The summed E-state index contributed by atoms with van der Waals surface area (Å²) >= 11 is 3.03. The lowest BCUT2D eigenvalue weighted by Crippen LogP contribution is -2.30. The van der Waals surface area contributed by atoms with E-state index in [4.69, 9.17) is 9.88 Å². The summed E-state index contributed by atoms with van der Waals surface area (Å²) in [5.74, 6) is -1.31. The van der Waals surface area contributed by atoms with Crippen molar-refractivity contribution < 1.29 is 22.3 Å². The van der Waals surface area contributed by atoms with Gasteiger partial charge in [0.1, 0.15) is 5.82 Å². The average Bonchev–Trinajstić information content (AvgIpc) is 2.87. The van der Waals surface area contributed by atoms with E-state index in [-0.39, 0.29) is 16.1 Å². The van der Waals surface area contributed by atoms with Crippen LogP contribution in [0, 0.1) is 5.82 Å². The summed E-state index contributed by atoms with van der Waals surface area (Å²) in [6.45, 7) is 0.841. The van der Waals surface area contributed by atoms with Crippen molar-refractivity contribution in [2.24, 2.45) is 5.14 Å². The Balaban J connectivity index is 2.41. The molecule has 0 aliphatic carbocycles. The highest BCUT2D eigenvalue weighted by Crippen LogP contribution is 2.28. The fraction of sp³-hybridized carbons (Fsp3) is 0.417. The summed E-state index contributed by atoms with van der Waals surface area (Å²) in [5, 5.41) is 5.02. The summed E-state index contributed by atoms with van der Waals surface area (Å²) in [6.07, 6.45) is 0.607. The molecule has 116 valence electrons. The summed E-state index contributed by atoms with van der Waals surface area (Å²) < 4.78 is 41.6. The molecule has 1 saturated heterocycles. The van der Waals surface area contributed by atoms with Crippen molar-refractivity contribution in [2.75, 3.05) is 20.2 Å². The number of rotatable bonds is 3. The number of carbonyl (C=O) groups excluding carboxylic acids is 1. The van der Waals surface area contributed by atoms with Crippen LogP contribution in [-0.2, 0) is 14.8 Å². The summed E-state index contributed by atoms with van der Waals surface area (Å²) in [7, 11) is -2.58. The van der Waals surface area contributed by atoms with Gasteiger partial charge in [-0.2, -0.15) is 0 Å². The van der Waals surface area contributed by atoms with Crippen molar-refractivity contribution in [1.29, 1.82) is 0 Å². The minimum absolute atomic E-state index is 0.0303. The van der Waals surface area contributed by atoms with E-state index in [1.165, 1.54) is 4.90 Å². The van der Waals surface area contributed by atoms with Gasteiger partial charge in [-0.15, -0.1) is 0 Å². The second kappa shape index (κ2) is 5.99. The van der Waals surface area contributed by atoms with Crippen LogP contribution in [0.3, 0.4) is 0 Å². The molecule has 1 heterocycles. The van der Waals surface area contributed by atoms with Gasteiger partial charge in [0.25, 0.3) is 5.91 Å². The molecule has 1 aromatic rings. The molecule has 2 rings (SSSR count). The lowest BCUT2D eigenvalue weighted by molar-refractivity contribution is 0.0722. The van der Waals surface area contributed by atoms with Crippen molar-refractivity contribution in [1.82, 2.24) is 4.90 Å². The average molecular weight is 381 g/mol. The molecule has 0 spiro atoms. The third kappa shape index (κ3) is 3.42. The highest BCUT2D eigenvalue weighted by molar-refractivity contribution is 9.10. The van der Waals surface area contributed by atoms with Crippen LogP contribution in [0.25, 0.3) is 0 Å². The summed E-state index contributed by atoms with van der Waals surface area (Å²) in [4.78, 5) is 13.4. The number of nitrogens with zero attached hydrogens (tertiary/aromatic N) is 1. The Morgan fingerprint density at radius 2 is 2.19 bits per heavy atom. The van der Waals surface area contributed by atoms with Crippen molar-refractivity contribution in [3.05, 3.63) is 28.0 Å².